The highest BCUT2D eigenvalue weighted by molar-refractivity contribution is 7.80. The van der Waals surface area contributed by atoms with E-state index in [4.69, 9.17) is 47.0 Å². The van der Waals surface area contributed by atoms with Gasteiger partial charge in [-0.05, 0) is 54.9 Å². The molecule has 0 aliphatic heterocycles. The molecule has 0 saturated carbocycles. The Balaban J connectivity index is 2.03. The number of carbonyl (C=O) groups excluding carboxylic acids is 1. The summed E-state index contributed by atoms with van der Waals surface area (Å²) in [7, 11) is 0. The molecule has 0 fully saturated rings. The SMILES string of the molecule is Cc1ccc(C)c(NC(=S)N[C@H](NC(=O)/C=C\c2ccccc2)C(Cl)(Cl)Cl)c1. The fraction of sp³-hybridized carbons (Fsp3) is 0.200. The van der Waals surface area contributed by atoms with E-state index in [1.54, 1.807) is 6.08 Å². The number of nitrogens with one attached hydrogen (secondary N) is 3. The second-order valence-electron chi connectivity index (χ2n) is 6.14. The van der Waals surface area contributed by atoms with E-state index < -0.39 is 15.9 Å². The molecule has 0 heterocycles. The van der Waals surface area contributed by atoms with Crippen LogP contribution in [0.2, 0.25) is 0 Å². The van der Waals surface area contributed by atoms with Crippen molar-refractivity contribution in [3.63, 3.8) is 0 Å². The summed E-state index contributed by atoms with van der Waals surface area (Å²) in [6, 6.07) is 15.3. The normalized spacial score (nSPS) is 12.5. The molecule has 1 amide bonds. The van der Waals surface area contributed by atoms with Crippen molar-refractivity contribution in [2.24, 2.45) is 0 Å². The summed E-state index contributed by atoms with van der Waals surface area (Å²) in [4.78, 5) is 12.2. The van der Waals surface area contributed by atoms with Crippen molar-refractivity contribution < 1.29 is 4.79 Å². The summed E-state index contributed by atoms with van der Waals surface area (Å²) >= 11 is 23.3. The maximum Gasteiger partial charge on any atom is 0.245 e. The first-order chi connectivity index (χ1) is 13.1. The summed E-state index contributed by atoms with van der Waals surface area (Å²) in [5.74, 6) is -0.429. The van der Waals surface area contributed by atoms with Crippen LogP contribution < -0.4 is 16.0 Å². The van der Waals surface area contributed by atoms with Gasteiger partial charge in [-0.1, -0.05) is 77.3 Å². The van der Waals surface area contributed by atoms with E-state index >= 15 is 0 Å². The molecule has 0 aliphatic rings. The summed E-state index contributed by atoms with van der Waals surface area (Å²) in [6.07, 6.45) is 1.99. The first kappa shape index (κ1) is 22.5. The van der Waals surface area contributed by atoms with Crippen LogP contribution in [-0.4, -0.2) is 21.0 Å². The second-order valence-corrected chi connectivity index (χ2v) is 8.92. The lowest BCUT2D eigenvalue weighted by Gasteiger charge is -2.27. The molecule has 2 rings (SSSR count). The number of aryl methyl sites for hydroxylation is 2. The number of benzene rings is 2. The highest BCUT2D eigenvalue weighted by Gasteiger charge is 2.34. The Morgan fingerprint density at radius 2 is 1.75 bits per heavy atom. The molecule has 0 spiro atoms. The van der Waals surface area contributed by atoms with Gasteiger partial charge in [-0.15, -0.1) is 0 Å². The van der Waals surface area contributed by atoms with Crippen molar-refractivity contribution in [1.29, 1.82) is 0 Å². The standard InChI is InChI=1S/C20H20Cl3N3OS/c1-13-8-9-14(2)16(12-13)24-19(28)26-18(20(21,22)23)25-17(27)11-10-15-6-4-3-5-7-15/h3-12,18H,1-2H3,(H,25,27)(H2,24,26,28)/b11-10-/t18-/m0/s1. The van der Waals surface area contributed by atoms with Gasteiger partial charge in [-0.2, -0.15) is 0 Å². The first-order valence-electron chi connectivity index (χ1n) is 8.40. The van der Waals surface area contributed by atoms with Gasteiger partial charge in [-0.3, -0.25) is 4.79 Å². The maximum atomic E-state index is 12.2. The van der Waals surface area contributed by atoms with Gasteiger partial charge in [-0.25, -0.2) is 0 Å². The molecule has 4 nitrogen and oxygen atoms in total. The number of alkyl halides is 3. The minimum absolute atomic E-state index is 0.220. The lowest BCUT2D eigenvalue weighted by molar-refractivity contribution is -0.117. The van der Waals surface area contributed by atoms with Gasteiger partial charge in [0.2, 0.25) is 9.70 Å². The van der Waals surface area contributed by atoms with Gasteiger partial charge < -0.3 is 16.0 Å². The van der Waals surface area contributed by atoms with Crippen LogP contribution in [0.4, 0.5) is 5.69 Å². The molecule has 2 aromatic rings. The van der Waals surface area contributed by atoms with Crippen molar-refractivity contribution in [2.75, 3.05) is 5.32 Å². The molecule has 0 saturated heterocycles. The zero-order chi connectivity index (χ0) is 20.7. The van der Waals surface area contributed by atoms with Crippen LogP contribution in [0.15, 0.2) is 54.6 Å². The van der Waals surface area contributed by atoms with Crippen LogP contribution in [0.5, 0.6) is 0 Å². The summed E-state index contributed by atoms with van der Waals surface area (Å²) < 4.78 is -1.82. The Kier molecular flexibility index (Phi) is 8.13. The van der Waals surface area contributed by atoms with Gasteiger partial charge in [0.15, 0.2) is 5.11 Å². The van der Waals surface area contributed by atoms with E-state index in [-0.39, 0.29) is 5.11 Å². The molecule has 8 heteroatoms. The molecule has 0 unspecified atom stereocenters. The van der Waals surface area contributed by atoms with Gasteiger partial charge in [0, 0.05) is 11.8 Å². The van der Waals surface area contributed by atoms with E-state index in [0.717, 1.165) is 22.4 Å². The maximum absolute atomic E-state index is 12.2. The number of thiocarbonyl (C=S) groups is 1. The molecule has 2 aromatic carbocycles. The Labute approximate surface area is 185 Å². The summed E-state index contributed by atoms with van der Waals surface area (Å²) in [5.41, 5.74) is 3.79. The van der Waals surface area contributed by atoms with Crippen molar-refractivity contribution in [3.8, 4) is 0 Å². The van der Waals surface area contributed by atoms with E-state index in [9.17, 15) is 4.79 Å². The Hall–Kier alpha value is -1.79. The largest absolute Gasteiger partial charge is 0.339 e. The molecule has 0 aromatic heterocycles. The fourth-order valence-electron chi connectivity index (χ4n) is 2.29. The molecule has 0 radical (unpaired) electrons. The lowest BCUT2D eigenvalue weighted by Crippen LogP contribution is -2.55. The van der Waals surface area contributed by atoms with Gasteiger partial charge in [0.05, 0.1) is 0 Å². The monoisotopic (exact) mass is 455 g/mol. The quantitative estimate of drug-likeness (QED) is 0.253. The Morgan fingerprint density at radius 3 is 2.39 bits per heavy atom. The molecule has 0 bridgehead atoms. The fourth-order valence-corrected chi connectivity index (χ4v) is 2.84. The zero-order valence-electron chi connectivity index (χ0n) is 15.3. The summed E-state index contributed by atoms with van der Waals surface area (Å²) in [5, 5.41) is 8.73. The number of hydrogen-bond donors (Lipinski definition) is 3. The molecule has 3 N–H and O–H groups in total. The van der Waals surface area contributed by atoms with E-state index in [1.807, 2.05) is 62.4 Å². The highest BCUT2D eigenvalue weighted by Crippen LogP contribution is 2.29. The van der Waals surface area contributed by atoms with Crippen LogP contribution in [0.25, 0.3) is 6.08 Å². The number of halogens is 3. The summed E-state index contributed by atoms with van der Waals surface area (Å²) in [6.45, 7) is 3.93. The first-order valence-corrected chi connectivity index (χ1v) is 9.94. The molecular formula is C20H20Cl3N3OS. The average molecular weight is 457 g/mol. The van der Waals surface area contributed by atoms with E-state index in [1.165, 1.54) is 6.08 Å². The van der Waals surface area contributed by atoms with Gasteiger partial charge in [0.25, 0.3) is 0 Å². The van der Waals surface area contributed by atoms with E-state index in [2.05, 4.69) is 16.0 Å². The lowest BCUT2D eigenvalue weighted by atomic mass is 10.1. The van der Waals surface area contributed by atoms with Crippen molar-refractivity contribution in [3.05, 3.63) is 71.3 Å². The van der Waals surface area contributed by atoms with Gasteiger partial charge in [0.1, 0.15) is 6.17 Å². The number of hydrogen-bond acceptors (Lipinski definition) is 2. The Morgan fingerprint density at radius 1 is 1.07 bits per heavy atom. The van der Waals surface area contributed by atoms with Crippen molar-refractivity contribution >= 4 is 69.8 Å². The predicted molar refractivity (Wildman–Crippen MR) is 123 cm³/mol. The van der Waals surface area contributed by atoms with Crippen LogP contribution in [0, 0.1) is 13.8 Å². The van der Waals surface area contributed by atoms with Crippen LogP contribution in [-0.2, 0) is 4.79 Å². The van der Waals surface area contributed by atoms with Gasteiger partial charge >= 0.3 is 0 Å². The number of amides is 1. The highest BCUT2D eigenvalue weighted by atomic mass is 35.6. The average Bonchev–Trinajstić information content (AvgIpc) is 2.62. The van der Waals surface area contributed by atoms with Crippen molar-refractivity contribution in [1.82, 2.24) is 10.6 Å². The molecular weight excluding hydrogens is 437 g/mol. The third kappa shape index (κ3) is 7.32. The van der Waals surface area contributed by atoms with Crippen LogP contribution in [0.1, 0.15) is 16.7 Å². The third-order valence-corrected chi connectivity index (χ3v) is 4.63. The topological polar surface area (TPSA) is 53.2 Å². The van der Waals surface area contributed by atoms with Crippen LogP contribution in [0.3, 0.4) is 0 Å². The zero-order valence-corrected chi connectivity index (χ0v) is 18.4. The van der Waals surface area contributed by atoms with Crippen molar-refractivity contribution in [2.45, 2.75) is 23.8 Å². The third-order valence-electron chi connectivity index (χ3n) is 3.76. The smallest absolute Gasteiger partial charge is 0.245 e. The minimum atomic E-state index is -1.82. The predicted octanol–water partition coefficient (Wildman–Crippen LogP) is 5.12. The number of rotatable bonds is 5. The number of anilines is 1. The molecule has 1 atom stereocenters. The molecule has 148 valence electrons. The minimum Gasteiger partial charge on any atom is -0.339 e. The number of carbonyl (C=O) groups is 1. The second kappa shape index (κ2) is 10.1. The molecule has 0 aliphatic carbocycles. The van der Waals surface area contributed by atoms with Crippen LogP contribution >= 0.6 is 47.0 Å². The molecule has 28 heavy (non-hydrogen) atoms. The van der Waals surface area contributed by atoms with E-state index in [0.29, 0.717) is 0 Å². The Bertz CT molecular complexity index is 867.